The monoisotopic (exact) mass is 235 g/mol. The van der Waals surface area contributed by atoms with E-state index in [2.05, 4.69) is 15.6 Å². The van der Waals surface area contributed by atoms with Crippen molar-refractivity contribution in [2.45, 2.75) is 12.8 Å². The number of piperidine rings is 1. The number of pyridine rings is 1. The Morgan fingerprint density at radius 1 is 1.53 bits per heavy atom. The molecule has 1 fully saturated rings. The van der Waals surface area contributed by atoms with Crippen LogP contribution >= 0.6 is 0 Å². The first-order valence-electron chi connectivity index (χ1n) is 5.82. The smallest absolute Gasteiger partial charge is 0.237 e. The number of hydrogen-bond donors (Lipinski definition) is 2. The van der Waals surface area contributed by atoms with E-state index in [1.807, 2.05) is 0 Å². The molecule has 2 N–H and O–H groups in total. The van der Waals surface area contributed by atoms with Crippen molar-refractivity contribution in [1.29, 1.82) is 0 Å². The summed E-state index contributed by atoms with van der Waals surface area (Å²) in [7, 11) is 1.54. The number of nitrogens with one attached hydrogen (secondary N) is 2. The quantitative estimate of drug-likeness (QED) is 0.821. The van der Waals surface area contributed by atoms with Crippen LogP contribution in [0.2, 0.25) is 0 Å². The Kier molecular flexibility index (Phi) is 3.93. The van der Waals surface area contributed by atoms with Crippen LogP contribution in [0.15, 0.2) is 18.3 Å². The van der Waals surface area contributed by atoms with Crippen LogP contribution in [0.3, 0.4) is 0 Å². The predicted octanol–water partition coefficient (Wildman–Crippen LogP) is 1.03. The fraction of sp³-hybridized carbons (Fsp3) is 0.500. The molecule has 0 unspecified atom stereocenters. The van der Waals surface area contributed by atoms with Crippen LogP contribution in [0.25, 0.3) is 0 Å². The Hall–Kier alpha value is -1.62. The number of anilines is 1. The molecule has 0 bridgehead atoms. The number of aromatic nitrogens is 1. The van der Waals surface area contributed by atoms with Crippen molar-refractivity contribution in [3.05, 3.63) is 18.3 Å². The molecule has 0 aliphatic carbocycles. The summed E-state index contributed by atoms with van der Waals surface area (Å²) in [4.78, 5) is 16.1. The maximum Gasteiger partial charge on any atom is 0.237 e. The molecule has 2 rings (SSSR count). The summed E-state index contributed by atoms with van der Waals surface area (Å²) in [6, 6.07) is 3.57. The van der Waals surface area contributed by atoms with Crippen molar-refractivity contribution in [3.8, 4) is 5.88 Å². The number of methoxy groups -OCH3 is 1. The lowest BCUT2D eigenvalue weighted by atomic mass is 9.97. The first-order chi connectivity index (χ1) is 8.31. The Morgan fingerprint density at radius 3 is 3.00 bits per heavy atom. The van der Waals surface area contributed by atoms with Gasteiger partial charge in [0.25, 0.3) is 0 Å². The van der Waals surface area contributed by atoms with Crippen LogP contribution in [-0.2, 0) is 4.79 Å². The molecule has 17 heavy (non-hydrogen) atoms. The van der Waals surface area contributed by atoms with Crippen molar-refractivity contribution in [1.82, 2.24) is 10.3 Å². The van der Waals surface area contributed by atoms with Gasteiger partial charge >= 0.3 is 0 Å². The fourth-order valence-corrected chi connectivity index (χ4v) is 1.97. The highest BCUT2D eigenvalue weighted by Gasteiger charge is 2.21. The van der Waals surface area contributed by atoms with Crippen LogP contribution in [0, 0.1) is 5.92 Å². The number of amides is 1. The standard InChI is InChI=1S/C12H17N3O2/c1-17-12-10(3-2-6-14-12)15-11(16)9-4-7-13-8-5-9/h2-3,6,9,13H,4-5,7-8H2,1H3,(H,15,16). The zero-order valence-corrected chi connectivity index (χ0v) is 9.90. The molecule has 0 saturated carbocycles. The minimum atomic E-state index is 0.0535. The molecule has 0 aromatic carbocycles. The van der Waals surface area contributed by atoms with Gasteiger partial charge in [-0.2, -0.15) is 0 Å². The molecule has 1 aromatic rings. The average Bonchev–Trinajstić information content (AvgIpc) is 2.40. The second kappa shape index (κ2) is 5.63. The molecule has 0 atom stereocenters. The summed E-state index contributed by atoms with van der Waals surface area (Å²) in [6.45, 7) is 1.81. The molecule has 1 saturated heterocycles. The third-order valence-electron chi connectivity index (χ3n) is 2.93. The molecular weight excluding hydrogens is 218 g/mol. The van der Waals surface area contributed by atoms with E-state index in [0.29, 0.717) is 11.6 Å². The summed E-state index contributed by atoms with van der Waals surface area (Å²) >= 11 is 0. The van der Waals surface area contributed by atoms with Gasteiger partial charge in [0.2, 0.25) is 11.8 Å². The Labute approximate surface area is 101 Å². The maximum absolute atomic E-state index is 12.0. The van der Waals surface area contributed by atoms with E-state index in [-0.39, 0.29) is 11.8 Å². The van der Waals surface area contributed by atoms with Crippen LogP contribution in [-0.4, -0.2) is 31.1 Å². The lowest BCUT2D eigenvalue weighted by Crippen LogP contribution is -2.34. The van der Waals surface area contributed by atoms with Crippen LogP contribution in [0.1, 0.15) is 12.8 Å². The van der Waals surface area contributed by atoms with Gasteiger partial charge in [0.15, 0.2) is 0 Å². The molecule has 92 valence electrons. The highest BCUT2D eigenvalue weighted by molar-refractivity contribution is 5.93. The van der Waals surface area contributed by atoms with Gasteiger partial charge in [-0.25, -0.2) is 4.98 Å². The largest absolute Gasteiger partial charge is 0.480 e. The van der Waals surface area contributed by atoms with E-state index in [4.69, 9.17) is 4.74 Å². The van der Waals surface area contributed by atoms with Gasteiger partial charge in [-0.15, -0.1) is 0 Å². The third kappa shape index (κ3) is 2.94. The first-order valence-corrected chi connectivity index (χ1v) is 5.82. The van der Waals surface area contributed by atoms with Gasteiger partial charge < -0.3 is 15.4 Å². The highest BCUT2D eigenvalue weighted by Crippen LogP contribution is 2.22. The van der Waals surface area contributed by atoms with Crippen LogP contribution < -0.4 is 15.4 Å². The molecule has 1 aliphatic rings. The van der Waals surface area contributed by atoms with E-state index >= 15 is 0 Å². The van der Waals surface area contributed by atoms with Gasteiger partial charge in [0.1, 0.15) is 5.69 Å². The minimum Gasteiger partial charge on any atom is -0.480 e. The summed E-state index contributed by atoms with van der Waals surface area (Å²) in [5, 5.41) is 6.12. The van der Waals surface area contributed by atoms with Gasteiger partial charge in [-0.05, 0) is 38.1 Å². The van der Waals surface area contributed by atoms with Crippen molar-refractivity contribution < 1.29 is 9.53 Å². The minimum absolute atomic E-state index is 0.0535. The average molecular weight is 235 g/mol. The third-order valence-corrected chi connectivity index (χ3v) is 2.93. The van der Waals surface area contributed by atoms with E-state index in [0.717, 1.165) is 25.9 Å². The van der Waals surface area contributed by atoms with Gasteiger partial charge in [0.05, 0.1) is 7.11 Å². The lowest BCUT2D eigenvalue weighted by Gasteiger charge is -2.22. The van der Waals surface area contributed by atoms with Crippen molar-refractivity contribution >= 4 is 11.6 Å². The molecule has 1 amide bonds. The normalized spacial score (nSPS) is 16.5. The van der Waals surface area contributed by atoms with Gasteiger partial charge in [-0.3, -0.25) is 4.79 Å². The number of rotatable bonds is 3. The molecule has 5 heteroatoms. The van der Waals surface area contributed by atoms with Crippen molar-refractivity contribution in [3.63, 3.8) is 0 Å². The molecule has 2 heterocycles. The zero-order chi connectivity index (χ0) is 12.1. The fourth-order valence-electron chi connectivity index (χ4n) is 1.97. The Balaban J connectivity index is 2.01. The number of nitrogens with zero attached hydrogens (tertiary/aromatic N) is 1. The summed E-state index contributed by atoms with van der Waals surface area (Å²) in [5.41, 5.74) is 0.638. The number of carbonyl (C=O) groups is 1. The van der Waals surface area contributed by atoms with Gasteiger partial charge in [-0.1, -0.05) is 0 Å². The zero-order valence-electron chi connectivity index (χ0n) is 9.90. The van der Waals surface area contributed by atoms with Crippen molar-refractivity contribution in [2.75, 3.05) is 25.5 Å². The van der Waals surface area contributed by atoms with E-state index in [1.165, 1.54) is 0 Å². The molecule has 1 aromatic heterocycles. The van der Waals surface area contributed by atoms with E-state index < -0.39 is 0 Å². The number of carbonyl (C=O) groups excluding carboxylic acids is 1. The highest BCUT2D eigenvalue weighted by atomic mass is 16.5. The Bertz CT molecular complexity index is 389. The molecule has 5 nitrogen and oxygen atoms in total. The predicted molar refractivity (Wildman–Crippen MR) is 65.0 cm³/mol. The topological polar surface area (TPSA) is 63.2 Å². The first kappa shape index (κ1) is 11.9. The Morgan fingerprint density at radius 2 is 2.29 bits per heavy atom. The second-order valence-corrected chi connectivity index (χ2v) is 4.07. The van der Waals surface area contributed by atoms with Crippen molar-refractivity contribution in [2.24, 2.45) is 5.92 Å². The summed E-state index contributed by atoms with van der Waals surface area (Å²) < 4.78 is 5.10. The number of hydrogen-bond acceptors (Lipinski definition) is 4. The van der Waals surface area contributed by atoms with E-state index in [1.54, 1.807) is 25.4 Å². The number of ether oxygens (including phenoxy) is 1. The second-order valence-electron chi connectivity index (χ2n) is 4.07. The van der Waals surface area contributed by atoms with Gasteiger partial charge in [0, 0.05) is 12.1 Å². The lowest BCUT2D eigenvalue weighted by molar-refractivity contribution is -0.120. The molecule has 0 spiro atoms. The van der Waals surface area contributed by atoms with Crippen LogP contribution in [0.4, 0.5) is 5.69 Å². The SMILES string of the molecule is COc1ncccc1NC(=O)C1CCNCC1. The molecule has 1 aliphatic heterocycles. The maximum atomic E-state index is 12.0. The van der Waals surface area contributed by atoms with Crippen LogP contribution in [0.5, 0.6) is 5.88 Å². The summed E-state index contributed by atoms with van der Waals surface area (Å²) in [6.07, 6.45) is 3.40. The van der Waals surface area contributed by atoms with E-state index in [9.17, 15) is 4.79 Å². The molecular formula is C12H17N3O2. The summed E-state index contributed by atoms with van der Waals surface area (Å²) in [5.74, 6) is 0.591. The molecule has 0 radical (unpaired) electrons.